The molecule has 1 heterocycles. The van der Waals surface area contributed by atoms with Crippen LogP contribution in [0.15, 0.2) is 54.9 Å². The summed E-state index contributed by atoms with van der Waals surface area (Å²) in [5.41, 5.74) is 2.83. The Hall–Kier alpha value is -1.18. The van der Waals surface area contributed by atoms with Gasteiger partial charge < -0.3 is 0 Å². The molecular formula is C18H22NTi. The van der Waals surface area contributed by atoms with Gasteiger partial charge in [0.1, 0.15) is 0 Å². The summed E-state index contributed by atoms with van der Waals surface area (Å²) < 4.78 is 3.17. The minimum atomic E-state index is -2.64. The summed E-state index contributed by atoms with van der Waals surface area (Å²) in [5, 5.41) is 0. The molecule has 0 spiro atoms. The van der Waals surface area contributed by atoms with Crippen molar-refractivity contribution in [1.82, 2.24) is 3.05 Å². The third kappa shape index (κ3) is 1.92. The number of rotatable bonds is 2. The van der Waals surface area contributed by atoms with Crippen molar-refractivity contribution >= 4 is 10.9 Å². The Bertz CT molecular complexity index is 686. The van der Waals surface area contributed by atoms with Crippen LogP contribution in [0, 0.1) is 0 Å². The molecule has 1 aromatic heterocycles. The fourth-order valence-electron chi connectivity index (χ4n) is 3.28. The minimum absolute atomic E-state index is 0.228. The zero-order valence-electron chi connectivity index (χ0n) is 12.5. The molecule has 1 aromatic carbocycles. The van der Waals surface area contributed by atoms with Gasteiger partial charge in [-0.25, -0.2) is 0 Å². The Morgan fingerprint density at radius 2 is 1.70 bits per heavy atom. The predicted molar refractivity (Wildman–Crippen MR) is 84.9 cm³/mol. The molecule has 2 heteroatoms. The molecule has 1 nitrogen and oxygen atoms in total. The van der Waals surface area contributed by atoms with Crippen LogP contribution in [0.25, 0.3) is 6.08 Å². The van der Waals surface area contributed by atoms with Crippen molar-refractivity contribution in [3.05, 3.63) is 66.0 Å². The van der Waals surface area contributed by atoms with Gasteiger partial charge in [0.2, 0.25) is 0 Å². The topological polar surface area (TPSA) is 4.93 Å². The number of allylic oxidation sites excluding steroid dienone is 1. The van der Waals surface area contributed by atoms with Crippen LogP contribution in [0.1, 0.15) is 36.1 Å². The van der Waals surface area contributed by atoms with Gasteiger partial charge in [-0.2, -0.15) is 0 Å². The SMILES string of the molecule is [CH2]=[Ti]([CH]1C=Cc2ccccc21)([n]1cccc1)[C](C)(C)C. The van der Waals surface area contributed by atoms with E-state index in [0.717, 1.165) is 0 Å². The Kier molecular flexibility index (Phi) is 3.23. The third-order valence-electron chi connectivity index (χ3n) is 4.68. The van der Waals surface area contributed by atoms with Gasteiger partial charge in [-0.05, 0) is 0 Å². The second-order valence-electron chi connectivity index (χ2n) is 6.73. The fraction of sp³-hybridized carbons (Fsp3) is 0.278. The van der Waals surface area contributed by atoms with Crippen LogP contribution < -0.4 is 0 Å². The number of benzene rings is 1. The average molecular weight is 300 g/mol. The Balaban J connectivity index is 2.20. The molecule has 0 saturated heterocycles. The second kappa shape index (κ2) is 4.68. The number of hydrogen-bond donors (Lipinski definition) is 0. The standard InChI is InChI=1S/C9H7.C4H4N.C4H9.CH2.Ti/c1-2-5-9-7-3-6-8(9)4-1;1-2-4-5-3-1;1-4(2)3;;/h1-7H;1-4H;1-3H3;1H2;/q;-1;;;+1. The van der Waals surface area contributed by atoms with Crippen molar-refractivity contribution < 1.29 is 16.4 Å². The third-order valence-corrected chi connectivity index (χ3v) is 13.0. The number of hydrogen-bond acceptors (Lipinski definition) is 0. The first-order valence-electron chi connectivity index (χ1n) is 7.20. The van der Waals surface area contributed by atoms with E-state index in [9.17, 15) is 0 Å². The maximum atomic E-state index is 4.86. The molecule has 1 aliphatic rings. The van der Waals surface area contributed by atoms with Crippen molar-refractivity contribution in [3.8, 4) is 0 Å². The molecule has 0 N–H and O–H groups in total. The average Bonchev–Trinajstić information content (AvgIpc) is 3.06. The molecule has 2 unspecified atom stereocenters. The molecular weight excluding hydrogens is 278 g/mol. The maximum absolute atomic E-state index is 4.86. The van der Waals surface area contributed by atoms with Gasteiger partial charge in [0.25, 0.3) is 0 Å². The summed E-state index contributed by atoms with van der Waals surface area (Å²) in [5.74, 6) is 0. The van der Waals surface area contributed by atoms with Crippen LogP contribution in [-0.2, 0) is 16.4 Å². The second-order valence-corrected chi connectivity index (χ2v) is 13.7. The zero-order valence-corrected chi connectivity index (χ0v) is 14.1. The molecule has 0 bridgehead atoms. The van der Waals surface area contributed by atoms with Gasteiger partial charge in [0, 0.05) is 0 Å². The summed E-state index contributed by atoms with van der Waals surface area (Å²) in [7, 11) is 0. The van der Waals surface area contributed by atoms with E-state index in [2.05, 4.69) is 84.8 Å². The molecule has 0 radical (unpaired) electrons. The van der Waals surface area contributed by atoms with E-state index in [4.69, 9.17) is 4.82 Å². The fourth-order valence-corrected chi connectivity index (χ4v) is 9.41. The van der Waals surface area contributed by atoms with E-state index in [-0.39, 0.29) is 3.72 Å². The first kappa shape index (κ1) is 13.8. The molecule has 103 valence electrons. The van der Waals surface area contributed by atoms with Crippen LogP contribution in [-0.4, -0.2) is 7.87 Å². The summed E-state index contributed by atoms with van der Waals surface area (Å²) in [6.07, 6.45) is 9.10. The van der Waals surface area contributed by atoms with Gasteiger partial charge >= 0.3 is 125 Å². The van der Waals surface area contributed by atoms with E-state index in [1.807, 2.05) is 0 Å². The molecule has 0 amide bonds. The zero-order chi connectivity index (χ0) is 14.4. The van der Waals surface area contributed by atoms with E-state index in [0.29, 0.717) is 4.22 Å². The molecule has 0 aliphatic heterocycles. The van der Waals surface area contributed by atoms with Crippen molar-refractivity contribution in [1.29, 1.82) is 0 Å². The van der Waals surface area contributed by atoms with E-state index in [1.54, 1.807) is 0 Å². The number of nitrogens with zero attached hydrogens (tertiary/aromatic N) is 1. The van der Waals surface area contributed by atoms with E-state index >= 15 is 0 Å². The molecule has 1 aliphatic carbocycles. The van der Waals surface area contributed by atoms with Crippen molar-refractivity contribution in [2.45, 2.75) is 28.7 Å². The monoisotopic (exact) mass is 300 g/mol. The molecule has 20 heavy (non-hydrogen) atoms. The first-order chi connectivity index (χ1) is 9.44. The van der Waals surface area contributed by atoms with Crippen LogP contribution in [0.5, 0.6) is 0 Å². The Morgan fingerprint density at radius 3 is 2.35 bits per heavy atom. The summed E-state index contributed by atoms with van der Waals surface area (Å²) in [6.45, 7) is 7.07. The molecule has 0 fully saturated rings. The quantitative estimate of drug-likeness (QED) is 0.700. The molecule has 2 aromatic rings. The predicted octanol–water partition coefficient (Wildman–Crippen LogP) is 4.82. The van der Waals surface area contributed by atoms with Crippen LogP contribution in [0.4, 0.5) is 0 Å². The van der Waals surface area contributed by atoms with Crippen molar-refractivity contribution in [2.75, 3.05) is 0 Å². The first-order valence-corrected chi connectivity index (χ1v) is 10.7. The molecule has 3 rings (SSSR count). The molecule has 2 atom stereocenters. The molecule has 0 saturated carbocycles. The van der Waals surface area contributed by atoms with Gasteiger partial charge in [-0.3, -0.25) is 0 Å². The van der Waals surface area contributed by atoms with E-state index in [1.165, 1.54) is 11.1 Å². The normalized spacial score (nSPS) is 20.6. The number of fused-ring (bicyclic) bond motifs is 1. The number of aromatic nitrogens is 1. The van der Waals surface area contributed by atoms with E-state index < -0.39 is 16.4 Å². The van der Waals surface area contributed by atoms with Crippen molar-refractivity contribution in [2.24, 2.45) is 0 Å². The summed E-state index contributed by atoms with van der Waals surface area (Å²) >= 11 is -2.64. The van der Waals surface area contributed by atoms with Gasteiger partial charge in [0.05, 0.1) is 0 Å². The van der Waals surface area contributed by atoms with Crippen molar-refractivity contribution in [3.63, 3.8) is 0 Å². The van der Waals surface area contributed by atoms with Gasteiger partial charge in [-0.15, -0.1) is 0 Å². The summed E-state index contributed by atoms with van der Waals surface area (Å²) in [6, 6.07) is 13.0. The summed E-state index contributed by atoms with van der Waals surface area (Å²) in [4.78, 5) is 4.86. The van der Waals surface area contributed by atoms with Gasteiger partial charge in [-0.1, -0.05) is 0 Å². The Morgan fingerprint density at radius 1 is 1.05 bits per heavy atom. The van der Waals surface area contributed by atoms with Gasteiger partial charge in [0.15, 0.2) is 0 Å². The van der Waals surface area contributed by atoms with Crippen LogP contribution in [0.2, 0.25) is 3.72 Å². The van der Waals surface area contributed by atoms with Crippen LogP contribution in [0.3, 0.4) is 0 Å². The van der Waals surface area contributed by atoms with Crippen LogP contribution >= 0.6 is 0 Å². The Labute approximate surface area is 125 Å².